The molecule has 1 aromatic heterocycles. The van der Waals surface area contributed by atoms with Gasteiger partial charge in [-0.25, -0.2) is 8.42 Å². The van der Waals surface area contributed by atoms with Gasteiger partial charge in [0.25, 0.3) is 0 Å². The van der Waals surface area contributed by atoms with Crippen molar-refractivity contribution < 1.29 is 12.9 Å². The number of nitrogens with zero attached hydrogens (tertiary/aromatic N) is 3. The molecule has 0 bridgehead atoms. The van der Waals surface area contributed by atoms with Crippen LogP contribution in [0.25, 0.3) is 11.4 Å². The zero-order chi connectivity index (χ0) is 18.9. The molecule has 8 heteroatoms. The first-order valence-electron chi connectivity index (χ1n) is 8.72. The van der Waals surface area contributed by atoms with Crippen molar-refractivity contribution in [3.63, 3.8) is 0 Å². The second-order valence-electron chi connectivity index (χ2n) is 6.41. The number of hydrogen-bond donors (Lipinski definition) is 0. The summed E-state index contributed by atoms with van der Waals surface area (Å²) in [6.07, 6.45) is 2.35. The summed E-state index contributed by atoms with van der Waals surface area (Å²) in [5, 5.41) is 4.60. The highest BCUT2D eigenvalue weighted by Crippen LogP contribution is 2.35. The lowest BCUT2D eigenvalue weighted by Gasteiger charge is -2.32. The van der Waals surface area contributed by atoms with E-state index in [1.54, 1.807) is 48.5 Å². The SMILES string of the molecule is O=S(=O)(c1ccccc1)N1CCCCC1c1nc(-c2cccc(Cl)c2)no1. The standard InChI is InChI=1S/C19H18ClN3O3S/c20-15-8-6-7-14(13-15)18-21-19(26-22-18)17-11-4-5-12-23(17)27(24,25)16-9-2-1-3-10-16/h1-3,6-10,13,17H,4-5,11-12H2. The molecular weight excluding hydrogens is 386 g/mol. The minimum Gasteiger partial charge on any atom is -0.337 e. The number of rotatable bonds is 4. The molecule has 1 aliphatic heterocycles. The van der Waals surface area contributed by atoms with Crippen LogP contribution >= 0.6 is 11.6 Å². The van der Waals surface area contributed by atoms with E-state index in [1.807, 2.05) is 6.07 Å². The van der Waals surface area contributed by atoms with Crippen molar-refractivity contribution in [3.8, 4) is 11.4 Å². The summed E-state index contributed by atoms with van der Waals surface area (Å²) in [5.41, 5.74) is 0.728. The van der Waals surface area contributed by atoms with Crippen LogP contribution in [0.1, 0.15) is 31.2 Å². The summed E-state index contributed by atoms with van der Waals surface area (Å²) < 4.78 is 33.1. The Balaban J connectivity index is 1.68. The van der Waals surface area contributed by atoms with E-state index < -0.39 is 16.1 Å². The number of piperidine rings is 1. The molecule has 3 aromatic rings. The van der Waals surface area contributed by atoms with Gasteiger partial charge in [0.2, 0.25) is 21.7 Å². The Morgan fingerprint density at radius 2 is 1.89 bits per heavy atom. The van der Waals surface area contributed by atoms with Gasteiger partial charge >= 0.3 is 0 Å². The highest BCUT2D eigenvalue weighted by molar-refractivity contribution is 7.89. The molecule has 2 aromatic carbocycles. The molecule has 27 heavy (non-hydrogen) atoms. The summed E-state index contributed by atoms with van der Waals surface area (Å²) in [7, 11) is -3.64. The van der Waals surface area contributed by atoms with E-state index in [1.165, 1.54) is 4.31 Å². The van der Waals surface area contributed by atoms with Crippen LogP contribution in [0.15, 0.2) is 64.0 Å². The molecule has 1 unspecified atom stereocenters. The van der Waals surface area contributed by atoms with Crippen molar-refractivity contribution in [2.45, 2.75) is 30.2 Å². The van der Waals surface area contributed by atoms with Crippen LogP contribution in [0.4, 0.5) is 0 Å². The fourth-order valence-corrected chi connectivity index (χ4v) is 5.14. The van der Waals surface area contributed by atoms with Crippen LogP contribution in [0, 0.1) is 0 Å². The smallest absolute Gasteiger partial charge is 0.245 e. The van der Waals surface area contributed by atoms with Gasteiger partial charge in [-0.15, -0.1) is 0 Å². The van der Waals surface area contributed by atoms with Crippen molar-refractivity contribution in [3.05, 3.63) is 65.5 Å². The third-order valence-electron chi connectivity index (χ3n) is 4.61. The Bertz CT molecular complexity index is 1040. The lowest BCUT2D eigenvalue weighted by molar-refractivity contribution is 0.204. The van der Waals surface area contributed by atoms with Gasteiger partial charge in [0.15, 0.2) is 0 Å². The number of aromatic nitrogens is 2. The summed E-state index contributed by atoms with van der Waals surface area (Å²) in [5.74, 6) is 0.708. The van der Waals surface area contributed by atoms with Crippen LogP contribution in [0.2, 0.25) is 5.02 Å². The zero-order valence-electron chi connectivity index (χ0n) is 14.5. The van der Waals surface area contributed by atoms with Gasteiger partial charge in [0, 0.05) is 17.1 Å². The third kappa shape index (κ3) is 3.63. The molecule has 1 saturated heterocycles. The van der Waals surface area contributed by atoms with Crippen LogP contribution in [-0.2, 0) is 10.0 Å². The van der Waals surface area contributed by atoms with E-state index in [0.29, 0.717) is 29.7 Å². The lowest BCUT2D eigenvalue weighted by atomic mass is 10.1. The molecule has 1 aliphatic rings. The minimum absolute atomic E-state index is 0.270. The molecule has 140 valence electrons. The fraction of sp³-hybridized carbons (Fsp3) is 0.263. The van der Waals surface area contributed by atoms with Gasteiger partial charge in [-0.2, -0.15) is 9.29 Å². The van der Waals surface area contributed by atoms with Crippen molar-refractivity contribution in [1.82, 2.24) is 14.4 Å². The molecule has 0 radical (unpaired) electrons. The van der Waals surface area contributed by atoms with E-state index in [2.05, 4.69) is 10.1 Å². The van der Waals surface area contributed by atoms with Gasteiger partial charge in [0.1, 0.15) is 6.04 Å². The van der Waals surface area contributed by atoms with Crippen LogP contribution in [0.3, 0.4) is 0 Å². The molecule has 0 saturated carbocycles. The molecule has 1 fully saturated rings. The number of hydrogen-bond acceptors (Lipinski definition) is 5. The first-order chi connectivity index (χ1) is 13.1. The van der Waals surface area contributed by atoms with Gasteiger partial charge in [0.05, 0.1) is 4.90 Å². The summed E-state index contributed by atoms with van der Waals surface area (Å²) in [6, 6.07) is 15.1. The minimum atomic E-state index is -3.64. The van der Waals surface area contributed by atoms with Crippen molar-refractivity contribution >= 4 is 21.6 Å². The van der Waals surface area contributed by atoms with Gasteiger partial charge in [-0.3, -0.25) is 0 Å². The van der Waals surface area contributed by atoms with Crippen LogP contribution < -0.4 is 0 Å². The second kappa shape index (κ2) is 7.42. The van der Waals surface area contributed by atoms with Crippen molar-refractivity contribution in [2.24, 2.45) is 0 Å². The first kappa shape index (κ1) is 18.2. The highest BCUT2D eigenvalue weighted by atomic mass is 35.5. The summed E-state index contributed by atoms with van der Waals surface area (Å²) >= 11 is 6.03. The Hall–Kier alpha value is -2.22. The Labute approximate surface area is 162 Å². The van der Waals surface area contributed by atoms with E-state index in [4.69, 9.17) is 16.1 Å². The number of sulfonamides is 1. The Morgan fingerprint density at radius 3 is 2.67 bits per heavy atom. The van der Waals surface area contributed by atoms with Gasteiger partial charge < -0.3 is 4.52 Å². The maximum absolute atomic E-state index is 13.1. The molecule has 2 heterocycles. The molecular formula is C19H18ClN3O3S. The van der Waals surface area contributed by atoms with Crippen LogP contribution in [0.5, 0.6) is 0 Å². The van der Waals surface area contributed by atoms with E-state index in [9.17, 15) is 8.42 Å². The quantitative estimate of drug-likeness (QED) is 0.648. The zero-order valence-corrected chi connectivity index (χ0v) is 16.0. The largest absolute Gasteiger partial charge is 0.337 e. The highest BCUT2D eigenvalue weighted by Gasteiger charge is 2.37. The topological polar surface area (TPSA) is 76.3 Å². The van der Waals surface area contributed by atoms with E-state index in [0.717, 1.165) is 18.4 Å². The third-order valence-corrected chi connectivity index (χ3v) is 6.77. The van der Waals surface area contributed by atoms with Crippen LogP contribution in [-0.4, -0.2) is 29.4 Å². The molecule has 0 spiro atoms. The number of benzene rings is 2. The maximum atomic E-state index is 13.1. The van der Waals surface area contributed by atoms with E-state index >= 15 is 0 Å². The maximum Gasteiger partial charge on any atom is 0.245 e. The lowest BCUT2D eigenvalue weighted by Crippen LogP contribution is -2.38. The summed E-state index contributed by atoms with van der Waals surface area (Å²) in [4.78, 5) is 4.73. The fourth-order valence-electron chi connectivity index (χ4n) is 3.28. The second-order valence-corrected chi connectivity index (χ2v) is 8.73. The normalized spacial score (nSPS) is 18.5. The summed E-state index contributed by atoms with van der Waals surface area (Å²) in [6.45, 7) is 0.427. The molecule has 0 N–H and O–H groups in total. The van der Waals surface area contributed by atoms with Crippen molar-refractivity contribution in [2.75, 3.05) is 6.54 Å². The molecule has 0 aliphatic carbocycles. The number of halogens is 1. The van der Waals surface area contributed by atoms with Crippen molar-refractivity contribution in [1.29, 1.82) is 0 Å². The monoisotopic (exact) mass is 403 g/mol. The molecule has 0 amide bonds. The first-order valence-corrected chi connectivity index (χ1v) is 10.5. The average molecular weight is 404 g/mol. The molecule has 6 nitrogen and oxygen atoms in total. The molecule has 1 atom stereocenters. The average Bonchev–Trinajstić information content (AvgIpc) is 3.19. The predicted octanol–water partition coefficient (Wildman–Crippen LogP) is 4.31. The van der Waals surface area contributed by atoms with Gasteiger partial charge in [-0.05, 0) is 37.1 Å². The van der Waals surface area contributed by atoms with E-state index in [-0.39, 0.29) is 4.90 Å². The predicted molar refractivity (Wildman–Crippen MR) is 102 cm³/mol. The Morgan fingerprint density at radius 1 is 1.07 bits per heavy atom. The Kier molecular flexibility index (Phi) is 4.99. The van der Waals surface area contributed by atoms with Gasteiger partial charge in [-0.1, -0.05) is 53.5 Å². The molecule has 4 rings (SSSR count).